The number of hydrogen-bond donors (Lipinski definition) is 0. The molecule has 3 aromatic rings. The maximum absolute atomic E-state index is 5.74. The number of fused-ring (bicyclic) bond motifs is 1. The van der Waals surface area contributed by atoms with Crippen molar-refractivity contribution in [2.45, 2.75) is 6.92 Å². The fraction of sp³-hybridized carbons (Fsp3) is 0.0833. The number of nitrogens with zero attached hydrogens (tertiary/aromatic N) is 3. The molecule has 0 bridgehead atoms. The fourth-order valence-electron chi connectivity index (χ4n) is 1.71. The Bertz CT molecular complexity index is 719. The third kappa shape index (κ3) is 2.05. The van der Waals surface area contributed by atoms with Crippen LogP contribution in [0.4, 0.5) is 0 Å². The molecule has 1 aromatic carbocycles. The van der Waals surface area contributed by atoms with Crippen molar-refractivity contribution in [3.8, 4) is 11.6 Å². The summed E-state index contributed by atoms with van der Waals surface area (Å²) in [7, 11) is 0. The largest absolute Gasteiger partial charge is 0.453 e. The Hall–Kier alpha value is -1.65. The third-order valence-corrected chi connectivity index (χ3v) is 2.81. The number of aromatic nitrogens is 3. The molecule has 0 spiro atoms. The number of rotatable bonds is 1. The first-order valence-corrected chi connectivity index (χ1v) is 5.95. The summed E-state index contributed by atoms with van der Waals surface area (Å²) in [5.74, 6) is 0.843. The van der Waals surface area contributed by atoms with Gasteiger partial charge in [-0.2, -0.15) is 15.0 Å². The van der Waals surface area contributed by atoms with Crippen LogP contribution in [0.1, 0.15) is 5.56 Å². The van der Waals surface area contributed by atoms with Crippen molar-refractivity contribution >= 4 is 34.2 Å². The SMILES string of the molecule is Cc1ccc2oc(-c3nc(Cl)nc(Cl)n3)cc2c1. The normalized spacial score (nSPS) is 11.1. The van der Waals surface area contributed by atoms with E-state index in [-0.39, 0.29) is 10.6 Å². The van der Waals surface area contributed by atoms with Crippen molar-refractivity contribution in [1.29, 1.82) is 0 Å². The molecule has 0 radical (unpaired) electrons. The topological polar surface area (TPSA) is 51.8 Å². The predicted molar refractivity (Wildman–Crippen MR) is 69.8 cm³/mol. The lowest BCUT2D eigenvalue weighted by Gasteiger charge is -1.95. The van der Waals surface area contributed by atoms with E-state index in [1.807, 2.05) is 31.2 Å². The molecule has 0 saturated carbocycles. The second-order valence-corrected chi connectivity index (χ2v) is 4.53. The number of aryl methyl sites for hydroxylation is 1. The molecule has 0 aliphatic heterocycles. The zero-order valence-electron chi connectivity index (χ0n) is 9.32. The lowest BCUT2D eigenvalue weighted by molar-refractivity contribution is 0.624. The van der Waals surface area contributed by atoms with E-state index in [1.165, 1.54) is 0 Å². The minimum Gasteiger partial charge on any atom is -0.453 e. The Morgan fingerprint density at radius 1 is 1.00 bits per heavy atom. The lowest BCUT2D eigenvalue weighted by Crippen LogP contribution is -1.92. The van der Waals surface area contributed by atoms with Gasteiger partial charge in [-0.3, -0.25) is 0 Å². The van der Waals surface area contributed by atoms with Gasteiger partial charge in [-0.25, -0.2) is 0 Å². The summed E-state index contributed by atoms with van der Waals surface area (Å²) >= 11 is 11.5. The molecule has 0 aliphatic carbocycles. The van der Waals surface area contributed by atoms with Gasteiger partial charge in [0, 0.05) is 5.39 Å². The highest BCUT2D eigenvalue weighted by molar-refractivity contribution is 6.31. The number of halogens is 2. The van der Waals surface area contributed by atoms with E-state index in [0.29, 0.717) is 11.6 Å². The van der Waals surface area contributed by atoms with Crippen molar-refractivity contribution in [3.63, 3.8) is 0 Å². The van der Waals surface area contributed by atoms with Gasteiger partial charge < -0.3 is 4.42 Å². The molecule has 0 N–H and O–H groups in total. The van der Waals surface area contributed by atoms with Crippen molar-refractivity contribution in [2.24, 2.45) is 0 Å². The van der Waals surface area contributed by atoms with E-state index in [2.05, 4.69) is 15.0 Å². The first-order chi connectivity index (χ1) is 8.61. The highest BCUT2D eigenvalue weighted by Crippen LogP contribution is 2.27. The predicted octanol–water partition coefficient (Wildman–Crippen LogP) is 3.90. The summed E-state index contributed by atoms with van der Waals surface area (Å²) in [5, 5.41) is 1.07. The van der Waals surface area contributed by atoms with Crippen LogP contribution in [-0.2, 0) is 0 Å². The molecule has 0 amide bonds. The van der Waals surface area contributed by atoms with Crippen molar-refractivity contribution in [2.75, 3.05) is 0 Å². The molecule has 0 fully saturated rings. The van der Waals surface area contributed by atoms with E-state index >= 15 is 0 Å². The Labute approximate surface area is 113 Å². The molecule has 90 valence electrons. The van der Waals surface area contributed by atoms with Gasteiger partial charge in [0.1, 0.15) is 5.58 Å². The first-order valence-electron chi connectivity index (χ1n) is 5.19. The molecule has 0 aliphatic rings. The van der Waals surface area contributed by atoms with E-state index in [4.69, 9.17) is 27.6 Å². The lowest BCUT2D eigenvalue weighted by atomic mass is 10.2. The number of furan rings is 1. The third-order valence-electron chi connectivity index (χ3n) is 2.47. The van der Waals surface area contributed by atoms with Gasteiger partial charge >= 0.3 is 0 Å². The van der Waals surface area contributed by atoms with Gasteiger partial charge in [0.05, 0.1) is 0 Å². The standard InChI is InChI=1S/C12H7Cl2N3O/c1-6-2-3-8-7(4-6)5-9(18-8)10-15-11(13)17-12(14)16-10/h2-5H,1H3. The van der Waals surface area contributed by atoms with Gasteiger partial charge in [-0.1, -0.05) is 11.6 Å². The van der Waals surface area contributed by atoms with E-state index in [0.717, 1.165) is 16.5 Å². The maximum atomic E-state index is 5.74. The quantitative estimate of drug-likeness (QED) is 0.678. The average Bonchev–Trinajstić information content (AvgIpc) is 2.70. The molecule has 0 saturated heterocycles. The smallest absolute Gasteiger partial charge is 0.227 e. The van der Waals surface area contributed by atoms with Gasteiger partial charge in [-0.15, -0.1) is 0 Å². The van der Waals surface area contributed by atoms with Crippen LogP contribution < -0.4 is 0 Å². The molecular formula is C12H7Cl2N3O. The van der Waals surface area contributed by atoms with Crippen LogP contribution in [0.5, 0.6) is 0 Å². The monoisotopic (exact) mass is 279 g/mol. The Balaban J connectivity index is 2.19. The second-order valence-electron chi connectivity index (χ2n) is 3.85. The van der Waals surface area contributed by atoms with E-state index in [1.54, 1.807) is 0 Å². The summed E-state index contributed by atoms with van der Waals surface area (Å²) in [5.41, 5.74) is 1.92. The van der Waals surface area contributed by atoms with Crippen LogP contribution in [-0.4, -0.2) is 15.0 Å². The number of hydrogen-bond acceptors (Lipinski definition) is 4. The van der Waals surface area contributed by atoms with Crippen LogP contribution in [0.15, 0.2) is 28.7 Å². The maximum Gasteiger partial charge on any atom is 0.227 e. The van der Waals surface area contributed by atoms with Crippen molar-refractivity contribution < 1.29 is 4.42 Å². The zero-order chi connectivity index (χ0) is 12.7. The molecule has 18 heavy (non-hydrogen) atoms. The Morgan fingerprint density at radius 2 is 1.72 bits per heavy atom. The minimum atomic E-state index is 0.0432. The first kappa shape index (κ1) is 11.4. The molecule has 3 rings (SSSR count). The molecule has 2 aromatic heterocycles. The summed E-state index contributed by atoms with van der Waals surface area (Å²) in [6.45, 7) is 2.02. The Kier molecular flexibility index (Phi) is 2.69. The van der Waals surface area contributed by atoms with Crippen LogP contribution in [0, 0.1) is 6.92 Å². The zero-order valence-corrected chi connectivity index (χ0v) is 10.8. The number of benzene rings is 1. The average molecular weight is 280 g/mol. The molecule has 0 unspecified atom stereocenters. The molecule has 0 atom stereocenters. The summed E-state index contributed by atoms with van der Waals surface area (Å²) in [4.78, 5) is 11.7. The Morgan fingerprint density at radius 3 is 2.44 bits per heavy atom. The van der Waals surface area contributed by atoms with Crippen LogP contribution in [0.3, 0.4) is 0 Å². The molecule has 4 nitrogen and oxygen atoms in total. The minimum absolute atomic E-state index is 0.0432. The fourth-order valence-corrected chi connectivity index (χ4v) is 2.07. The summed E-state index contributed by atoms with van der Waals surface area (Å²) in [6, 6.07) is 7.75. The van der Waals surface area contributed by atoms with E-state index in [9.17, 15) is 0 Å². The van der Waals surface area contributed by atoms with E-state index < -0.39 is 0 Å². The van der Waals surface area contributed by atoms with Gasteiger partial charge in [-0.05, 0) is 48.3 Å². The van der Waals surface area contributed by atoms with Crippen LogP contribution >= 0.6 is 23.2 Å². The van der Waals surface area contributed by atoms with Gasteiger partial charge in [0.25, 0.3) is 0 Å². The molecule has 2 heterocycles. The summed E-state index contributed by atoms with van der Waals surface area (Å²) < 4.78 is 5.65. The molecule has 6 heteroatoms. The van der Waals surface area contributed by atoms with Crippen molar-refractivity contribution in [1.82, 2.24) is 15.0 Å². The summed E-state index contributed by atoms with van der Waals surface area (Å²) in [6.07, 6.45) is 0. The second kappa shape index (κ2) is 4.23. The van der Waals surface area contributed by atoms with Gasteiger partial charge in [0.15, 0.2) is 5.76 Å². The molecular weight excluding hydrogens is 273 g/mol. The van der Waals surface area contributed by atoms with Crippen molar-refractivity contribution in [3.05, 3.63) is 40.4 Å². The highest BCUT2D eigenvalue weighted by atomic mass is 35.5. The highest BCUT2D eigenvalue weighted by Gasteiger charge is 2.11. The van der Waals surface area contributed by atoms with Crippen LogP contribution in [0.2, 0.25) is 10.6 Å². The van der Waals surface area contributed by atoms with Gasteiger partial charge in [0.2, 0.25) is 16.4 Å². The van der Waals surface area contributed by atoms with Crippen LogP contribution in [0.25, 0.3) is 22.6 Å².